The van der Waals surface area contributed by atoms with Crippen LogP contribution in [0.2, 0.25) is 5.02 Å². The van der Waals surface area contributed by atoms with E-state index in [1.54, 1.807) is 24.3 Å². The molecule has 0 atom stereocenters. The Morgan fingerprint density at radius 1 is 1.29 bits per heavy atom. The van der Waals surface area contributed by atoms with E-state index in [0.29, 0.717) is 15.8 Å². The molecule has 68 valence electrons. The number of nitriles is 1. The number of pyridine rings is 1. The lowest BCUT2D eigenvalue weighted by Gasteiger charge is -2.00. The van der Waals surface area contributed by atoms with Gasteiger partial charge in [0.05, 0.1) is 5.02 Å². The second kappa shape index (κ2) is 3.17. The van der Waals surface area contributed by atoms with Crippen LogP contribution in [0.4, 0.5) is 0 Å². The number of halogens is 1. The fourth-order valence-electron chi connectivity index (χ4n) is 1.32. The Morgan fingerprint density at radius 3 is 2.57 bits per heavy atom. The highest BCUT2D eigenvalue weighted by Gasteiger charge is 2.07. The lowest BCUT2D eigenvalue weighted by Crippen LogP contribution is -2.08. The molecule has 1 aromatic carbocycles. The summed E-state index contributed by atoms with van der Waals surface area (Å²) in [5.41, 5.74) is -0.183. The Kier molecular flexibility index (Phi) is 1.99. The van der Waals surface area contributed by atoms with Gasteiger partial charge in [0, 0.05) is 10.8 Å². The van der Waals surface area contributed by atoms with Crippen molar-refractivity contribution in [2.75, 3.05) is 0 Å². The molecule has 2 aromatic rings. The fraction of sp³-hybridized carbons (Fsp3) is 0. The van der Waals surface area contributed by atoms with E-state index < -0.39 is 0 Å². The number of rotatable bonds is 0. The SMILES string of the molecule is N#Cc1[nH]c(=O)c2ccccc2c1Cl. The quantitative estimate of drug-likeness (QED) is 0.714. The number of benzene rings is 1. The number of H-pyrrole nitrogens is 1. The second-order valence-electron chi connectivity index (χ2n) is 2.80. The third-order valence-corrected chi connectivity index (χ3v) is 2.37. The Morgan fingerprint density at radius 2 is 1.93 bits per heavy atom. The van der Waals surface area contributed by atoms with Crippen LogP contribution in [0.1, 0.15) is 5.69 Å². The first kappa shape index (κ1) is 8.79. The van der Waals surface area contributed by atoms with Crippen LogP contribution in [-0.2, 0) is 0 Å². The van der Waals surface area contributed by atoms with Crippen molar-refractivity contribution in [3.05, 3.63) is 45.3 Å². The predicted molar refractivity (Wildman–Crippen MR) is 54.3 cm³/mol. The van der Waals surface area contributed by atoms with Crippen molar-refractivity contribution in [1.29, 1.82) is 5.26 Å². The van der Waals surface area contributed by atoms with E-state index in [9.17, 15) is 4.79 Å². The van der Waals surface area contributed by atoms with Gasteiger partial charge in [0.15, 0.2) is 0 Å². The van der Waals surface area contributed by atoms with Crippen LogP contribution in [0.15, 0.2) is 29.1 Å². The van der Waals surface area contributed by atoms with Crippen LogP contribution >= 0.6 is 11.6 Å². The molecular formula is C10H5ClN2O. The molecule has 0 aliphatic rings. The molecule has 2 rings (SSSR count). The van der Waals surface area contributed by atoms with Crippen LogP contribution in [0.3, 0.4) is 0 Å². The highest BCUT2D eigenvalue weighted by atomic mass is 35.5. The summed E-state index contributed by atoms with van der Waals surface area (Å²) in [5.74, 6) is 0. The minimum Gasteiger partial charge on any atom is -0.312 e. The smallest absolute Gasteiger partial charge is 0.256 e. The van der Waals surface area contributed by atoms with Crippen LogP contribution in [0.25, 0.3) is 10.8 Å². The van der Waals surface area contributed by atoms with Crippen LogP contribution in [-0.4, -0.2) is 4.98 Å². The first-order valence-corrected chi connectivity index (χ1v) is 4.32. The minimum absolute atomic E-state index is 0.107. The van der Waals surface area contributed by atoms with Crippen molar-refractivity contribution in [3.63, 3.8) is 0 Å². The van der Waals surface area contributed by atoms with Gasteiger partial charge in [0.25, 0.3) is 5.56 Å². The summed E-state index contributed by atoms with van der Waals surface area (Å²) in [7, 11) is 0. The third kappa shape index (κ3) is 1.17. The number of aromatic nitrogens is 1. The zero-order valence-corrected chi connectivity index (χ0v) is 7.80. The summed E-state index contributed by atoms with van der Waals surface area (Å²) in [6, 6.07) is 8.75. The standard InChI is InChI=1S/C10H5ClN2O/c11-9-6-3-1-2-4-7(6)10(14)13-8(9)5-12/h1-4H,(H,13,14). The van der Waals surface area contributed by atoms with Crippen molar-refractivity contribution in [1.82, 2.24) is 4.98 Å². The minimum atomic E-state index is -0.290. The predicted octanol–water partition coefficient (Wildman–Crippen LogP) is 2.05. The molecule has 1 heterocycles. The fourth-order valence-corrected chi connectivity index (χ4v) is 1.57. The number of hydrogen-bond acceptors (Lipinski definition) is 2. The number of nitrogens with zero attached hydrogens (tertiary/aromatic N) is 1. The van der Waals surface area contributed by atoms with Gasteiger partial charge in [-0.05, 0) is 6.07 Å². The lowest BCUT2D eigenvalue weighted by molar-refractivity contribution is 1.23. The maximum absolute atomic E-state index is 11.4. The van der Waals surface area contributed by atoms with E-state index in [-0.39, 0.29) is 11.3 Å². The van der Waals surface area contributed by atoms with E-state index >= 15 is 0 Å². The number of aromatic amines is 1. The maximum Gasteiger partial charge on any atom is 0.256 e. The van der Waals surface area contributed by atoms with Crippen LogP contribution < -0.4 is 5.56 Å². The van der Waals surface area contributed by atoms with Gasteiger partial charge in [-0.1, -0.05) is 29.8 Å². The molecule has 0 amide bonds. The Balaban J connectivity index is 3.04. The molecule has 0 spiro atoms. The summed E-state index contributed by atoms with van der Waals surface area (Å²) in [5, 5.41) is 10.1. The van der Waals surface area contributed by atoms with E-state index in [2.05, 4.69) is 4.98 Å². The number of fused-ring (bicyclic) bond motifs is 1. The lowest BCUT2D eigenvalue weighted by atomic mass is 10.1. The molecule has 0 bridgehead atoms. The molecular weight excluding hydrogens is 200 g/mol. The highest BCUT2D eigenvalue weighted by molar-refractivity contribution is 6.36. The molecule has 14 heavy (non-hydrogen) atoms. The molecule has 1 N–H and O–H groups in total. The average Bonchev–Trinajstić information content (AvgIpc) is 2.23. The molecule has 4 heteroatoms. The van der Waals surface area contributed by atoms with Crippen molar-refractivity contribution < 1.29 is 0 Å². The zero-order valence-electron chi connectivity index (χ0n) is 7.04. The van der Waals surface area contributed by atoms with Gasteiger partial charge in [0.1, 0.15) is 11.8 Å². The van der Waals surface area contributed by atoms with Crippen molar-refractivity contribution >= 4 is 22.4 Å². The molecule has 0 unspecified atom stereocenters. The second-order valence-corrected chi connectivity index (χ2v) is 3.18. The van der Waals surface area contributed by atoms with Crippen molar-refractivity contribution in [2.45, 2.75) is 0 Å². The first-order chi connectivity index (χ1) is 6.74. The van der Waals surface area contributed by atoms with Gasteiger partial charge in [-0.15, -0.1) is 0 Å². The van der Waals surface area contributed by atoms with Crippen molar-refractivity contribution in [2.24, 2.45) is 0 Å². The topological polar surface area (TPSA) is 56.6 Å². The molecule has 3 nitrogen and oxygen atoms in total. The molecule has 0 aliphatic carbocycles. The number of hydrogen-bond donors (Lipinski definition) is 1. The average molecular weight is 205 g/mol. The van der Waals surface area contributed by atoms with Gasteiger partial charge >= 0.3 is 0 Å². The monoisotopic (exact) mass is 204 g/mol. The van der Waals surface area contributed by atoms with E-state index in [4.69, 9.17) is 16.9 Å². The van der Waals surface area contributed by atoms with Gasteiger partial charge in [-0.3, -0.25) is 4.79 Å². The third-order valence-electron chi connectivity index (χ3n) is 1.98. The van der Waals surface area contributed by atoms with Crippen LogP contribution in [0, 0.1) is 11.3 Å². The van der Waals surface area contributed by atoms with Gasteiger partial charge in [-0.25, -0.2) is 0 Å². The van der Waals surface area contributed by atoms with E-state index in [1.807, 2.05) is 6.07 Å². The van der Waals surface area contributed by atoms with Gasteiger partial charge in [0.2, 0.25) is 0 Å². The summed E-state index contributed by atoms with van der Waals surface area (Å²) in [6.07, 6.45) is 0. The van der Waals surface area contributed by atoms with Crippen molar-refractivity contribution in [3.8, 4) is 6.07 Å². The molecule has 0 saturated heterocycles. The first-order valence-electron chi connectivity index (χ1n) is 3.94. The summed E-state index contributed by atoms with van der Waals surface area (Å²) in [6.45, 7) is 0. The number of nitrogens with one attached hydrogen (secondary N) is 1. The molecule has 0 aliphatic heterocycles. The zero-order chi connectivity index (χ0) is 10.1. The van der Waals surface area contributed by atoms with Gasteiger partial charge in [-0.2, -0.15) is 5.26 Å². The van der Waals surface area contributed by atoms with E-state index in [1.165, 1.54) is 0 Å². The Bertz CT molecular complexity index is 595. The molecule has 0 saturated carbocycles. The Hall–Kier alpha value is -1.79. The summed E-state index contributed by atoms with van der Waals surface area (Å²) >= 11 is 5.92. The van der Waals surface area contributed by atoms with Crippen LogP contribution in [0.5, 0.6) is 0 Å². The van der Waals surface area contributed by atoms with E-state index in [0.717, 1.165) is 0 Å². The summed E-state index contributed by atoms with van der Waals surface area (Å²) in [4.78, 5) is 13.9. The largest absolute Gasteiger partial charge is 0.312 e. The van der Waals surface area contributed by atoms with Gasteiger partial charge < -0.3 is 4.98 Å². The molecule has 1 aromatic heterocycles. The normalized spacial score (nSPS) is 10.0. The molecule has 0 fully saturated rings. The maximum atomic E-state index is 11.4. The highest BCUT2D eigenvalue weighted by Crippen LogP contribution is 2.22. The Labute approximate surface area is 84.6 Å². The summed E-state index contributed by atoms with van der Waals surface area (Å²) < 4.78 is 0. The molecule has 0 radical (unpaired) electrons.